The molecule has 0 aromatic carbocycles. The third-order valence-corrected chi connectivity index (χ3v) is 7.26. The molecule has 1 aromatic heterocycles. The van der Waals surface area contributed by atoms with Gasteiger partial charge in [-0.3, -0.25) is 4.79 Å². The zero-order chi connectivity index (χ0) is 17.2. The van der Waals surface area contributed by atoms with Crippen molar-refractivity contribution in [2.75, 3.05) is 12.3 Å². The summed E-state index contributed by atoms with van der Waals surface area (Å²) in [5, 5.41) is 7.53. The number of hydrogen-bond donors (Lipinski definition) is 0. The molecule has 2 aliphatic rings. The number of hydrogen-bond acceptors (Lipinski definition) is 5. The van der Waals surface area contributed by atoms with Crippen LogP contribution in [0, 0.1) is 0 Å². The minimum Gasteiger partial charge on any atom is -0.333 e. The molecular weight excluding hydrogens is 361 g/mol. The fourth-order valence-electron chi connectivity index (χ4n) is 2.95. The number of rotatable bonds is 5. The van der Waals surface area contributed by atoms with Crippen LogP contribution in [0.3, 0.4) is 0 Å². The lowest BCUT2D eigenvalue weighted by Gasteiger charge is -2.28. The molecule has 1 fully saturated rings. The highest BCUT2D eigenvalue weighted by atomic mass is 33.1. The molecule has 5 nitrogen and oxygen atoms in total. The Hall–Kier alpha value is -0.900. The second-order valence-corrected chi connectivity index (χ2v) is 8.77. The number of nitrogens with zero attached hydrogens (tertiary/aromatic N) is 4. The third-order valence-electron chi connectivity index (χ3n) is 4.25. The second kappa shape index (κ2) is 7.55. The van der Waals surface area contributed by atoms with Gasteiger partial charge in [-0.05, 0) is 19.3 Å². The molecule has 0 N–H and O–H groups in total. The summed E-state index contributed by atoms with van der Waals surface area (Å²) < 4.78 is 39.4. The molecule has 24 heavy (non-hydrogen) atoms. The Labute approximate surface area is 146 Å². The maximum Gasteiger partial charge on any atom is 0.451 e. The van der Waals surface area contributed by atoms with Gasteiger partial charge in [0.15, 0.2) is 5.82 Å². The van der Waals surface area contributed by atoms with Gasteiger partial charge in [0.25, 0.3) is 0 Å². The van der Waals surface area contributed by atoms with Crippen LogP contribution in [0.5, 0.6) is 0 Å². The first-order chi connectivity index (χ1) is 11.4. The summed E-state index contributed by atoms with van der Waals surface area (Å²) in [4.78, 5) is 13.8. The van der Waals surface area contributed by atoms with Crippen molar-refractivity contribution in [2.45, 2.75) is 56.6 Å². The van der Waals surface area contributed by atoms with Gasteiger partial charge in [-0.1, -0.05) is 28.0 Å². The molecule has 2 aliphatic heterocycles. The van der Waals surface area contributed by atoms with E-state index in [-0.39, 0.29) is 31.4 Å². The summed E-state index contributed by atoms with van der Waals surface area (Å²) in [5.41, 5.74) is 0. The maximum absolute atomic E-state index is 12.8. The van der Waals surface area contributed by atoms with Crippen LogP contribution in [-0.2, 0) is 24.1 Å². The quantitative estimate of drug-likeness (QED) is 0.579. The number of alkyl halides is 3. The normalized spacial score (nSPS) is 21.1. The molecule has 3 rings (SSSR count). The van der Waals surface area contributed by atoms with E-state index in [4.69, 9.17) is 0 Å². The van der Waals surface area contributed by atoms with Gasteiger partial charge in [0.05, 0.1) is 6.54 Å². The smallest absolute Gasteiger partial charge is 0.333 e. The number of carbonyl (C=O) groups is 1. The molecule has 1 atom stereocenters. The molecule has 0 aliphatic carbocycles. The van der Waals surface area contributed by atoms with Crippen molar-refractivity contribution in [3.8, 4) is 0 Å². The molecule has 0 spiro atoms. The van der Waals surface area contributed by atoms with Crippen molar-refractivity contribution in [3.05, 3.63) is 11.6 Å². The average Bonchev–Trinajstić information content (AvgIpc) is 3.19. The molecule has 1 amide bonds. The molecule has 1 aromatic rings. The van der Waals surface area contributed by atoms with E-state index in [2.05, 4.69) is 10.2 Å². The highest BCUT2D eigenvalue weighted by molar-refractivity contribution is 8.77. The van der Waals surface area contributed by atoms with Gasteiger partial charge in [0, 0.05) is 30.5 Å². The molecule has 10 heteroatoms. The SMILES string of the molecule is O=C(CCCC[C@H]1CCSS1)N1CCn2c(nnc2C(F)(F)F)C1. The van der Waals surface area contributed by atoms with E-state index in [0.29, 0.717) is 11.7 Å². The van der Waals surface area contributed by atoms with Crippen LogP contribution >= 0.6 is 21.6 Å². The predicted octanol–water partition coefficient (Wildman–Crippen LogP) is 3.35. The van der Waals surface area contributed by atoms with Crippen molar-refractivity contribution < 1.29 is 18.0 Å². The van der Waals surface area contributed by atoms with Crippen LogP contribution in [0.15, 0.2) is 0 Å². The minimum absolute atomic E-state index is 0.00809. The Balaban J connectivity index is 1.46. The number of aromatic nitrogens is 3. The predicted molar refractivity (Wildman–Crippen MR) is 87.4 cm³/mol. The standard InChI is InChI=1S/C14H19F3N4OS2/c15-14(16,17)13-19-18-11-9-20(6-7-21(11)13)12(22)4-2-1-3-10-5-8-23-24-10/h10H,1-9H2/t10-/m0/s1. The van der Waals surface area contributed by atoms with E-state index in [1.165, 1.54) is 12.2 Å². The van der Waals surface area contributed by atoms with Crippen LogP contribution in [0.2, 0.25) is 0 Å². The molecule has 3 heterocycles. The van der Waals surface area contributed by atoms with Gasteiger partial charge in [-0.15, -0.1) is 10.2 Å². The number of halogens is 3. The van der Waals surface area contributed by atoms with Gasteiger partial charge in [-0.2, -0.15) is 13.2 Å². The topological polar surface area (TPSA) is 51.0 Å². The fraction of sp³-hybridized carbons (Fsp3) is 0.786. The molecular formula is C14H19F3N4OS2. The van der Waals surface area contributed by atoms with Crippen molar-refractivity contribution in [1.29, 1.82) is 0 Å². The van der Waals surface area contributed by atoms with Crippen molar-refractivity contribution in [3.63, 3.8) is 0 Å². The Morgan fingerprint density at radius 3 is 2.79 bits per heavy atom. The van der Waals surface area contributed by atoms with Crippen molar-refractivity contribution in [1.82, 2.24) is 19.7 Å². The fourth-order valence-corrected chi connectivity index (χ4v) is 5.98. The zero-order valence-electron chi connectivity index (χ0n) is 13.1. The van der Waals surface area contributed by atoms with Crippen LogP contribution in [0.4, 0.5) is 13.2 Å². The van der Waals surface area contributed by atoms with Crippen LogP contribution < -0.4 is 0 Å². The Kier molecular flexibility index (Phi) is 5.63. The van der Waals surface area contributed by atoms with E-state index in [9.17, 15) is 18.0 Å². The summed E-state index contributed by atoms with van der Waals surface area (Å²) in [6, 6.07) is 0. The molecule has 0 saturated carbocycles. The summed E-state index contributed by atoms with van der Waals surface area (Å²) in [6.45, 7) is 0.484. The van der Waals surface area contributed by atoms with E-state index >= 15 is 0 Å². The lowest BCUT2D eigenvalue weighted by Crippen LogP contribution is -2.39. The largest absolute Gasteiger partial charge is 0.451 e. The number of fused-ring (bicyclic) bond motifs is 1. The van der Waals surface area contributed by atoms with Gasteiger partial charge in [0.2, 0.25) is 11.7 Å². The Morgan fingerprint density at radius 2 is 2.08 bits per heavy atom. The molecule has 0 bridgehead atoms. The number of carbonyl (C=O) groups excluding carboxylic acids is 1. The maximum atomic E-state index is 12.8. The van der Waals surface area contributed by atoms with Crippen LogP contribution in [-0.4, -0.2) is 43.1 Å². The number of amides is 1. The molecule has 0 unspecified atom stereocenters. The Bertz CT molecular complexity index is 587. The van der Waals surface area contributed by atoms with Gasteiger partial charge < -0.3 is 9.47 Å². The monoisotopic (exact) mass is 380 g/mol. The van der Waals surface area contributed by atoms with Crippen LogP contribution in [0.25, 0.3) is 0 Å². The average molecular weight is 380 g/mol. The lowest BCUT2D eigenvalue weighted by molar-refractivity contribution is -0.148. The van der Waals surface area contributed by atoms with E-state index in [0.717, 1.165) is 23.8 Å². The van der Waals surface area contributed by atoms with Crippen molar-refractivity contribution in [2.24, 2.45) is 0 Å². The van der Waals surface area contributed by atoms with E-state index in [1.807, 2.05) is 21.6 Å². The summed E-state index contributed by atoms with van der Waals surface area (Å²) in [7, 11) is 3.85. The van der Waals surface area contributed by atoms with Gasteiger partial charge in [-0.25, -0.2) is 0 Å². The second-order valence-electron chi connectivity index (χ2n) is 5.98. The first-order valence-corrected chi connectivity index (χ1v) is 10.4. The van der Waals surface area contributed by atoms with Gasteiger partial charge in [0.1, 0.15) is 0 Å². The number of unbranched alkanes of at least 4 members (excludes halogenated alkanes) is 1. The Morgan fingerprint density at radius 1 is 1.25 bits per heavy atom. The minimum atomic E-state index is -4.51. The lowest BCUT2D eigenvalue weighted by atomic mass is 10.1. The zero-order valence-corrected chi connectivity index (χ0v) is 14.7. The molecule has 0 radical (unpaired) electrons. The summed E-state index contributed by atoms with van der Waals surface area (Å²) >= 11 is 0. The van der Waals surface area contributed by atoms with Crippen LogP contribution in [0.1, 0.15) is 43.8 Å². The summed E-state index contributed by atoms with van der Waals surface area (Å²) in [6.07, 6.45) is 0.170. The highest BCUT2D eigenvalue weighted by Crippen LogP contribution is 2.40. The highest BCUT2D eigenvalue weighted by Gasteiger charge is 2.39. The first kappa shape index (κ1) is 17.9. The molecule has 134 valence electrons. The van der Waals surface area contributed by atoms with Crippen molar-refractivity contribution >= 4 is 27.5 Å². The third kappa shape index (κ3) is 4.19. The van der Waals surface area contributed by atoms with E-state index < -0.39 is 12.0 Å². The van der Waals surface area contributed by atoms with E-state index in [1.54, 1.807) is 4.90 Å². The molecule has 1 saturated heterocycles. The first-order valence-electron chi connectivity index (χ1n) is 8.00. The van der Waals surface area contributed by atoms with Gasteiger partial charge >= 0.3 is 6.18 Å². The summed E-state index contributed by atoms with van der Waals surface area (Å²) in [5.74, 6) is 0.437.